The fourth-order valence-corrected chi connectivity index (χ4v) is 2.72. The van der Waals surface area contributed by atoms with Crippen molar-refractivity contribution in [3.63, 3.8) is 0 Å². The van der Waals surface area contributed by atoms with Crippen LogP contribution >= 0.6 is 0 Å². The Morgan fingerprint density at radius 3 is 2.96 bits per heavy atom. The molecule has 0 saturated carbocycles. The lowest BCUT2D eigenvalue weighted by Gasteiger charge is -2.31. The number of hydrogen-bond donors (Lipinski definition) is 3. The molecule has 1 aromatic rings. The van der Waals surface area contributed by atoms with Crippen LogP contribution in [0.15, 0.2) is 0 Å². The minimum atomic E-state index is -0.530. The van der Waals surface area contributed by atoms with E-state index in [9.17, 15) is 10.1 Å². The Kier molecular flexibility index (Phi) is 6.50. The summed E-state index contributed by atoms with van der Waals surface area (Å²) in [6, 6.07) is 0. The Labute approximate surface area is 140 Å². The van der Waals surface area contributed by atoms with Crippen molar-refractivity contribution in [3.05, 3.63) is 10.1 Å². The monoisotopic (exact) mass is 340 g/mol. The summed E-state index contributed by atoms with van der Waals surface area (Å²) in [7, 11) is 0. The molecule has 1 aromatic heterocycles. The number of aliphatic hydroxyl groups is 1. The lowest BCUT2D eigenvalue weighted by Crippen LogP contribution is -2.35. The van der Waals surface area contributed by atoms with E-state index in [0.29, 0.717) is 32.2 Å². The van der Waals surface area contributed by atoms with Crippen molar-refractivity contribution in [3.8, 4) is 0 Å². The van der Waals surface area contributed by atoms with Gasteiger partial charge in [0, 0.05) is 19.6 Å². The number of piperidine rings is 1. The Bertz CT molecular complexity index is 570. The number of nitrogen functional groups attached to an aromatic ring is 1. The van der Waals surface area contributed by atoms with E-state index in [-0.39, 0.29) is 36.5 Å². The molecule has 1 atom stereocenters. The van der Waals surface area contributed by atoms with Crippen LogP contribution in [0.3, 0.4) is 0 Å². The standard InChI is InChI=1S/C14H24N6O4/c1-10-3-2-5-19(9-10)13-11(20(22)23)12(15)17-14(18-13)16-4-7-24-8-6-21/h10,21H,2-9H2,1H3,(H3,15,16,17,18)/t10-/m1/s1. The number of nitro groups is 1. The molecule has 134 valence electrons. The van der Waals surface area contributed by atoms with Crippen molar-refractivity contribution in [1.82, 2.24) is 9.97 Å². The first kappa shape index (κ1) is 18.1. The molecule has 0 amide bonds. The third-order valence-corrected chi connectivity index (χ3v) is 3.80. The van der Waals surface area contributed by atoms with E-state index in [1.165, 1.54) is 0 Å². The largest absolute Gasteiger partial charge is 0.394 e. The normalized spacial score (nSPS) is 17.8. The summed E-state index contributed by atoms with van der Waals surface area (Å²) >= 11 is 0. The first-order valence-electron chi connectivity index (χ1n) is 8.02. The third kappa shape index (κ3) is 4.65. The molecule has 2 rings (SSSR count). The zero-order valence-electron chi connectivity index (χ0n) is 13.8. The Hall–Kier alpha value is -2.20. The first-order chi connectivity index (χ1) is 11.5. The predicted octanol–water partition coefficient (Wildman–Crippen LogP) is 0.624. The third-order valence-electron chi connectivity index (χ3n) is 3.80. The summed E-state index contributed by atoms with van der Waals surface area (Å²) in [6.07, 6.45) is 2.05. The highest BCUT2D eigenvalue weighted by Gasteiger charge is 2.29. The van der Waals surface area contributed by atoms with E-state index in [1.54, 1.807) is 0 Å². The molecular formula is C14H24N6O4. The van der Waals surface area contributed by atoms with E-state index >= 15 is 0 Å². The van der Waals surface area contributed by atoms with Gasteiger partial charge in [-0.3, -0.25) is 10.1 Å². The molecule has 1 aliphatic heterocycles. The van der Waals surface area contributed by atoms with Gasteiger partial charge in [0.05, 0.1) is 24.7 Å². The Morgan fingerprint density at radius 2 is 2.29 bits per heavy atom. The van der Waals surface area contributed by atoms with Gasteiger partial charge in [-0.2, -0.15) is 9.97 Å². The van der Waals surface area contributed by atoms with Gasteiger partial charge >= 0.3 is 5.69 Å². The van der Waals surface area contributed by atoms with E-state index in [1.807, 2.05) is 4.90 Å². The lowest BCUT2D eigenvalue weighted by atomic mass is 10.0. The van der Waals surface area contributed by atoms with Crippen molar-refractivity contribution in [2.75, 3.05) is 55.4 Å². The molecule has 1 aliphatic rings. The number of ether oxygens (including phenoxy) is 1. The molecule has 0 spiro atoms. The molecule has 10 heteroatoms. The molecule has 0 aromatic carbocycles. The lowest BCUT2D eigenvalue weighted by molar-refractivity contribution is -0.383. The first-order valence-corrected chi connectivity index (χ1v) is 8.02. The summed E-state index contributed by atoms with van der Waals surface area (Å²) in [6.45, 7) is 4.50. The van der Waals surface area contributed by atoms with Crippen LogP contribution in [0.5, 0.6) is 0 Å². The van der Waals surface area contributed by atoms with Gasteiger partial charge in [-0.05, 0) is 18.8 Å². The predicted molar refractivity (Wildman–Crippen MR) is 90.1 cm³/mol. The van der Waals surface area contributed by atoms with Gasteiger partial charge in [-0.15, -0.1) is 0 Å². The van der Waals surface area contributed by atoms with Crippen LogP contribution in [-0.4, -0.2) is 59.5 Å². The summed E-state index contributed by atoms with van der Waals surface area (Å²) in [5, 5.41) is 23.0. The van der Waals surface area contributed by atoms with Crippen LogP contribution in [0.4, 0.5) is 23.3 Å². The highest BCUT2D eigenvalue weighted by atomic mass is 16.6. The number of aliphatic hydroxyl groups excluding tert-OH is 1. The average Bonchev–Trinajstić information content (AvgIpc) is 2.53. The number of anilines is 3. The summed E-state index contributed by atoms with van der Waals surface area (Å²) in [5.74, 6) is 0.789. The highest BCUT2D eigenvalue weighted by Crippen LogP contribution is 2.34. The van der Waals surface area contributed by atoms with E-state index in [2.05, 4.69) is 22.2 Å². The molecule has 1 saturated heterocycles. The topological polar surface area (TPSA) is 140 Å². The Morgan fingerprint density at radius 1 is 1.50 bits per heavy atom. The smallest absolute Gasteiger partial charge is 0.353 e. The zero-order chi connectivity index (χ0) is 17.5. The number of hydrogen-bond acceptors (Lipinski definition) is 9. The summed E-state index contributed by atoms with van der Waals surface area (Å²) in [5.41, 5.74) is 5.55. The van der Waals surface area contributed by atoms with E-state index in [4.69, 9.17) is 15.6 Å². The maximum absolute atomic E-state index is 11.4. The molecule has 1 fully saturated rings. The highest BCUT2D eigenvalue weighted by molar-refractivity contribution is 5.71. The second-order valence-corrected chi connectivity index (χ2v) is 5.82. The summed E-state index contributed by atoms with van der Waals surface area (Å²) < 4.78 is 5.14. The molecule has 0 radical (unpaired) electrons. The van der Waals surface area contributed by atoms with Gasteiger partial charge in [-0.1, -0.05) is 6.92 Å². The van der Waals surface area contributed by atoms with Gasteiger partial charge in [0.15, 0.2) is 0 Å². The molecule has 0 aliphatic carbocycles. The minimum absolute atomic E-state index is 0.0434. The maximum atomic E-state index is 11.4. The maximum Gasteiger partial charge on any atom is 0.353 e. The minimum Gasteiger partial charge on any atom is -0.394 e. The second-order valence-electron chi connectivity index (χ2n) is 5.82. The number of nitrogens with one attached hydrogen (secondary N) is 1. The van der Waals surface area contributed by atoms with Crippen molar-refractivity contribution < 1.29 is 14.8 Å². The Balaban J connectivity index is 2.17. The van der Waals surface area contributed by atoms with Crippen molar-refractivity contribution in [1.29, 1.82) is 0 Å². The molecule has 2 heterocycles. The van der Waals surface area contributed by atoms with E-state index in [0.717, 1.165) is 12.8 Å². The molecule has 0 unspecified atom stereocenters. The van der Waals surface area contributed by atoms with Crippen molar-refractivity contribution in [2.24, 2.45) is 5.92 Å². The summed E-state index contributed by atoms with van der Waals surface area (Å²) in [4.78, 5) is 21.0. The van der Waals surface area contributed by atoms with Crippen LogP contribution < -0.4 is 16.0 Å². The van der Waals surface area contributed by atoms with Crippen LogP contribution in [0.2, 0.25) is 0 Å². The van der Waals surface area contributed by atoms with Crippen LogP contribution in [-0.2, 0) is 4.74 Å². The van der Waals surface area contributed by atoms with E-state index < -0.39 is 4.92 Å². The fraction of sp³-hybridized carbons (Fsp3) is 0.714. The van der Waals surface area contributed by atoms with Gasteiger partial charge in [-0.25, -0.2) is 0 Å². The molecule has 10 nitrogen and oxygen atoms in total. The van der Waals surface area contributed by atoms with Crippen LogP contribution in [0.25, 0.3) is 0 Å². The van der Waals surface area contributed by atoms with Crippen LogP contribution in [0.1, 0.15) is 19.8 Å². The fourth-order valence-electron chi connectivity index (χ4n) is 2.72. The molecule has 24 heavy (non-hydrogen) atoms. The average molecular weight is 340 g/mol. The molecule has 0 bridgehead atoms. The van der Waals surface area contributed by atoms with Gasteiger partial charge in [0.25, 0.3) is 0 Å². The molecule has 4 N–H and O–H groups in total. The quantitative estimate of drug-likeness (QED) is 0.353. The van der Waals surface area contributed by atoms with Crippen molar-refractivity contribution in [2.45, 2.75) is 19.8 Å². The van der Waals surface area contributed by atoms with Gasteiger partial charge < -0.3 is 25.8 Å². The number of rotatable bonds is 8. The number of nitrogens with zero attached hydrogens (tertiary/aromatic N) is 4. The van der Waals surface area contributed by atoms with Crippen LogP contribution in [0, 0.1) is 16.0 Å². The van der Waals surface area contributed by atoms with Gasteiger partial charge in [0.2, 0.25) is 17.6 Å². The van der Waals surface area contributed by atoms with Gasteiger partial charge in [0.1, 0.15) is 0 Å². The number of nitrogens with two attached hydrogens (primary N) is 1. The van der Waals surface area contributed by atoms with Crippen molar-refractivity contribution >= 4 is 23.3 Å². The SMILES string of the molecule is C[C@@H]1CCCN(c2nc(NCCOCCO)nc(N)c2[N+](=O)[O-])C1. The molecular weight excluding hydrogens is 316 g/mol. The second kappa shape index (κ2) is 8.60. The zero-order valence-corrected chi connectivity index (χ0v) is 13.8. The number of aromatic nitrogens is 2.